The molecule has 0 saturated carbocycles. The molecule has 0 aromatic carbocycles. The zero-order valence-electron chi connectivity index (χ0n) is 12.1. The van der Waals surface area contributed by atoms with Crippen LogP contribution in [0.5, 0.6) is 5.75 Å². The molecule has 0 saturated heterocycles. The van der Waals surface area contributed by atoms with E-state index in [0.717, 1.165) is 0 Å². The van der Waals surface area contributed by atoms with E-state index < -0.39 is 11.7 Å². The predicted molar refractivity (Wildman–Crippen MR) is 69.8 cm³/mol. The van der Waals surface area contributed by atoms with Crippen molar-refractivity contribution < 1.29 is 14.6 Å². The fourth-order valence-corrected chi connectivity index (χ4v) is 1.92. The van der Waals surface area contributed by atoms with Crippen LogP contribution in [0.25, 0.3) is 0 Å². The molecule has 0 fully saturated rings. The van der Waals surface area contributed by atoms with Gasteiger partial charge >= 0.3 is 0 Å². The van der Waals surface area contributed by atoms with E-state index in [-0.39, 0.29) is 6.04 Å². The van der Waals surface area contributed by atoms with Gasteiger partial charge in [0.25, 0.3) is 0 Å². The summed E-state index contributed by atoms with van der Waals surface area (Å²) in [6.45, 7) is 7.89. The number of ether oxygens (including phenoxy) is 2. The van der Waals surface area contributed by atoms with Crippen LogP contribution in [0.15, 0.2) is 6.20 Å². The zero-order valence-corrected chi connectivity index (χ0v) is 12.1. The highest BCUT2D eigenvalue weighted by molar-refractivity contribution is 5.29. The fourth-order valence-electron chi connectivity index (χ4n) is 1.92. The first-order valence-electron chi connectivity index (χ1n) is 6.25. The van der Waals surface area contributed by atoms with E-state index in [1.54, 1.807) is 25.1 Å². The van der Waals surface area contributed by atoms with Gasteiger partial charge in [0.2, 0.25) is 0 Å². The van der Waals surface area contributed by atoms with E-state index in [0.29, 0.717) is 17.9 Å². The first-order valence-corrected chi connectivity index (χ1v) is 6.25. The second kappa shape index (κ2) is 5.71. The van der Waals surface area contributed by atoms with Crippen LogP contribution >= 0.6 is 0 Å². The molecular formula is C13H24N2O3. The van der Waals surface area contributed by atoms with Crippen LogP contribution in [-0.4, -0.2) is 34.7 Å². The summed E-state index contributed by atoms with van der Waals surface area (Å²) in [5, 5.41) is 14.9. The Morgan fingerprint density at radius 3 is 2.44 bits per heavy atom. The van der Waals surface area contributed by atoms with Crippen molar-refractivity contribution in [1.29, 1.82) is 0 Å². The molecule has 5 heteroatoms. The van der Waals surface area contributed by atoms with Gasteiger partial charge in [-0.3, -0.25) is 4.68 Å². The summed E-state index contributed by atoms with van der Waals surface area (Å²) in [5.41, 5.74) is 0.0126. The zero-order chi connectivity index (χ0) is 13.9. The third-order valence-corrected chi connectivity index (χ3v) is 3.51. The molecule has 104 valence electrons. The van der Waals surface area contributed by atoms with Crippen LogP contribution in [0.1, 0.15) is 52.0 Å². The standard InChI is InChI=1S/C13H24N2O3/c1-7-13(4,18-6)12(16)11-10(17-5)8-14-15(11)9(2)3/h8-9,12,16H,7H2,1-6H3. The van der Waals surface area contributed by atoms with Crippen LogP contribution in [0.4, 0.5) is 0 Å². The van der Waals surface area contributed by atoms with Crippen molar-refractivity contribution >= 4 is 0 Å². The Morgan fingerprint density at radius 1 is 1.44 bits per heavy atom. The lowest BCUT2D eigenvalue weighted by molar-refractivity contribution is -0.0984. The van der Waals surface area contributed by atoms with Gasteiger partial charge in [0.15, 0.2) is 5.75 Å². The van der Waals surface area contributed by atoms with Crippen LogP contribution < -0.4 is 4.74 Å². The molecule has 0 aliphatic carbocycles. The topological polar surface area (TPSA) is 56.5 Å². The van der Waals surface area contributed by atoms with Crippen molar-refractivity contribution in [1.82, 2.24) is 9.78 Å². The van der Waals surface area contributed by atoms with Crippen molar-refractivity contribution in [2.24, 2.45) is 0 Å². The summed E-state index contributed by atoms with van der Waals surface area (Å²) >= 11 is 0. The van der Waals surface area contributed by atoms with Gasteiger partial charge < -0.3 is 14.6 Å². The van der Waals surface area contributed by atoms with E-state index in [1.807, 2.05) is 27.7 Å². The Morgan fingerprint density at radius 2 is 2.06 bits per heavy atom. The molecule has 2 unspecified atom stereocenters. The van der Waals surface area contributed by atoms with Crippen LogP contribution in [0.3, 0.4) is 0 Å². The third-order valence-electron chi connectivity index (χ3n) is 3.51. The van der Waals surface area contributed by atoms with E-state index in [1.165, 1.54) is 0 Å². The Labute approximate surface area is 109 Å². The Hall–Kier alpha value is -1.07. The summed E-state index contributed by atoms with van der Waals surface area (Å²) in [6, 6.07) is 0.150. The average Bonchev–Trinajstić information content (AvgIpc) is 2.80. The summed E-state index contributed by atoms with van der Waals surface area (Å²) < 4.78 is 12.5. The van der Waals surface area contributed by atoms with Crippen LogP contribution in [0.2, 0.25) is 0 Å². The number of nitrogens with zero attached hydrogens (tertiary/aromatic N) is 2. The molecule has 5 nitrogen and oxygen atoms in total. The normalized spacial score (nSPS) is 16.7. The third kappa shape index (κ3) is 2.52. The number of aliphatic hydroxyl groups excluding tert-OH is 1. The van der Waals surface area contributed by atoms with Gasteiger partial charge in [0.05, 0.1) is 18.9 Å². The van der Waals surface area contributed by atoms with Gasteiger partial charge in [-0.2, -0.15) is 5.10 Å². The summed E-state index contributed by atoms with van der Waals surface area (Å²) in [6.07, 6.45) is 1.54. The SMILES string of the molecule is CCC(C)(OC)C(O)c1c(OC)cnn1C(C)C. The summed E-state index contributed by atoms with van der Waals surface area (Å²) in [7, 11) is 3.18. The highest BCUT2D eigenvalue weighted by atomic mass is 16.5. The summed E-state index contributed by atoms with van der Waals surface area (Å²) in [5.74, 6) is 0.591. The molecular weight excluding hydrogens is 232 g/mol. The van der Waals surface area contributed by atoms with Crippen molar-refractivity contribution in [3.63, 3.8) is 0 Å². The van der Waals surface area contributed by atoms with Crippen molar-refractivity contribution in [2.75, 3.05) is 14.2 Å². The lowest BCUT2D eigenvalue weighted by Gasteiger charge is -2.33. The quantitative estimate of drug-likeness (QED) is 0.848. The molecule has 0 bridgehead atoms. The minimum Gasteiger partial charge on any atom is -0.493 e. The maximum Gasteiger partial charge on any atom is 0.162 e. The van der Waals surface area contributed by atoms with Gasteiger partial charge in [-0.1, -0.05) is 6.92 Å². The number of hydrogen-bond acceptors (Lipinski definition) is 4. The number of hydrogen-bond donors (Lipinski definition) is 1. The molecule has 1 N–H and O–H groups in total. The van der Waals surface area contributed by atoms with E-state index >= 15 is 0 Å². The lowest BCUT2D eigenvalue weighted by Crippen LogP contribution is -2.36. The Bertz CT molecular complexity index is 384. The Balaban J connectivity index is 3.25. The second-order valence-corrected chi connectivity index (χ2v) is 4.91. The first-order chi connectivity index (χ1) is 8.41. The highest BCUT2D eigenvalue weighted by Crippen LogP contribution is 2.37. The largest absolute Gasteiger partial charge is 0.493 e. The smallest absolute Gasteiger partial charge is 0.162 e. The molecule has 0 aliphatic rings. The fraction of sp³-hybridized carbons (Fsp3) is 0.769. The number of aliphatic hydroxyl groups is 1. The minimum atomic E-state index is -0.785. The monoisotopic (exact) mass is 256 g/mol. The second-order valence-electron chi connectivity index (χ2n) is 4.91. The molecule has 0 amide bonds. The van der Waals surface area contributed by atoms with Crippen molar-refractivity contribution in [3.05, 3.63) is 11.9 Å². The van der Waals surface area contributed by atoms with E-state index in [2.05, 4.69) is 5.10 Å². The molecule has 1 rings (SSSR count). The first kappa shape index (κ1) is 15.0. The van der Waals surface area contributed by atoms with E-state index in [4.69, 9.17) is 9.47 Å². The van der Waals surface area contributed by atoms with Crippen LogP contribution in [-0.2, 0) is 4.74 Å². The van der Waals surface area contributed by atoms with Crippen molar-refractivity contribution in [3.8, 4) is 5.75 Å². The molecule has 1 heterocycles. The molecule has 1 aromatic heterocycles. The average molecular weight is 256 g/mol. The maximum absolute atomic E-state index is 10.6. The van der Waals surface area contributed by atoms with Crippen LogP contribution in [0, 0.1) is 0 Å². The highest BCUT2D eigenvalue weighted by Gasteiger charge is 2.37. The number of aromatic nitrogens is 2. The van der Waals surface area contributed by atoms with Gasteiger partial charge in [-0.15, -0.1) is 0 Å². The van der Waals surface area contributed by atoms with Crippen molar-refractivity contribution in [2.45, 2.75) is 51.9 Å². The number of methoxy groups -OCH3 is 2. The molecule has 0 aliphatic heterocycles. The molecule has 2 atom stereocenters. The van der Waals surface area contributed by atoms with Gasteiger partial charge in [-0.25, -0.2) is 0 Å². The molecule has 0 radical (unpaired) electrons. The van der Waals surface area contributed by atoms with Gasteiger partial charge in [0, 0.05) is 13.2 Å². The molecule has 1 aromatic rings. The van der Waals surface area contributed by atoms with Gasteiger partial charge in [0.1, 0.15) is 11.8 Å². The molecule has 0 spiro atoms. The van der Waals surface area contributed by atoms with Gasteiger partial charge in [-0.05, 0) is 27.2 Å². The minimum absolute atomic E-state index is 0.150. The predicted octanol–water partition coefficient (Wildman–Crippen LogP) is 2.32. The Kier molecular flexibility index (Phi) is 4.76. The van der Waals surface area contributed by atoms with E-state index in [9.17, 15) is 5.11 Å². The summed E-state index contributed by atoms with van der Waals surface area (Å²) in [4.78, 5) is 0. The molecule has 18 heavy (non-hydrogen) atoms. The maximum atomic E-state index is 10.6. The number of rotatable bonds is 6. The lowest BCUT2D eigenvalue weighted by atomic mass is 9.92.